The van der Waals surface area contributed by atoms with E-state index in [1.165, 1.54) is 45.3 Å². The summed E-state index contributed by atoms with van der Waals surface area (Å²) in [6.07, 6.45) is 8.78. The first kappa shape index (κ1) is 17.6. The number of rotatable bonds is 2. The summed E-state index contributed by atoms with van der Waals surface area (Å²) in [4.78, 5) is 6.85. The number of benzene rings is 1. The van der Waals surface area contributed by atoms with Gasteiger partial charge < -0.3 is 9.47 Å². The predicted molar refractivity (Wildman–Crippen MR) is 113 cm³/mol. The van der Waals surface area contributed by atoms with Gasteiger partial charge in [0.15, 0.2) is 0 Å². The minimum Gasteiger partial charge on any atom is -0.320 e. The van der Waals surface area contributed by atoms with Crippen LogP contribution < -0.4 is 0 Å². The molecule has 3 aromatic rings. The summed E-state index contributed by atoms with van der Waals surface area (Å²) < 4.78 is 15.7. The quantitative estimate of drug-likeness (QED) is 0.619. The Balaban J connectivity index is 1.72. The molecule has 5 rings (SSSR count). The van der Waals surface area contributed by atoms with Crippen molar-refractivity contribution in [3.63, 3.8) is 0 Å². The van der Waals surface area contributed by atoms with Gasteiger partial charge in [-0.15, -0.1) is 0 Å². The van der Waals surface area contributed by atoms with Gasteiger partial charge in [0.2, 0.25) is 0 Å². The van der Waals surface area contributed by atoms with Crippen molar-refractivity contribution >= 4 is 22.7 Å². The number of allylic oxidation sites excluding steroid dienone is 1. The molecule has 144 valence electrons. The normalized spacial score (nSPS) is 18.5. The third-order valence-electron chi connectivity index (χ3n) is 6.24. The largest absolute Gasteiger partial charge is 0.320 e. The molecule has 0 spiro atoms. The highest BCUT2D eigenvalue weighted by atomic mass is 19.1. The van der Waals surface area contributed by atoms with Crippen LogP contribution in [0.15, 0.2) is 30.5 Å². The van der Waals surface area contributed by atoms with Crippen molar-refractivity contribution in [2.75, 3.05) is 13.6 Å². The van der Waals surface area contributed by atoms with E-state index in [0.29, 0.717) is 0 Å². The summed E-state index contributed by atoms with van der Waals surface area (Å²) >= 11 is 0. The van der Waals surface area contributed by atoms with E-state index in [4.69, 9.17) is 0 Å². The maximum atomic E-state index is 13.3. The van der Waals surface area contributed by atoms with Crippen molar-refractivity contribution in [3.05, 3.63) is 64.1 Å². The van der Waals surface area contributed by atoms with Crippen molar-refractivity contribution in [1.29, 1.82) is 0 Å². The van der Waals surface area contributed by atoms with Gasteiger partial charge in [0.25, 0.3) is 0 Å². The molecule has 4 heteroatoms. The molecule has 0 N–H and O–H groups in total. The number of halogens is 1. The zero-order chi connectivity index (χ0) is 19.3. The number of fused-ring (bicyclic) bond motifs is 4. The van der Waals surface area contributed by atoms with Gasteiger partial charge in [-0.1, -0.05) is 6.07 Å². The van der Waals surface area contributed by atoms with Gasteiger partial charge in [0.1, 0.15) is 6.67 Å². The van der Waals surface area contributed by atoms with E-state index in [1.54, 1.807) is 0 Å². The Morgan fingerprint density at radius 2 is 2.07 bits per heavy atom. The molecular formula is C24H26FN3. The third-order valence-corrected chi connectivity index (χ3v) is 6.24. The van der Waals surface area contributed by atoms with Gasteiger partial charge in [-0.05, 0) is 79.3 Å². The van der Waals surface area contributed by atoms with Crippen LogP contribution in [0.25, 0.3) is 22.7 Å². The van der Waals surface area contributed by atoms with Gasteiger partial charge in [-0.2, -0.15) is 0 Å². The number of aryl methyl sites for hydroxylation is 2. The lowest BCUT2D eigenvalue weighted by atomic mass is 9.88. The Hall–Kier alpha value is -2.46. The van der Waals surface area contributed by atoms with Gasteiger partial charge in [0, 0.05) is 48.7 Å². The van der Waals surface area contributed by atoms with Gasteiger partial charge >= 0.3 is 0 Å². The average Bonchev–Trinajstić information content (AvgIpc) is 3.00. The van der Waals surface area contributed by atoms with E-state index in [9.17, 15) is 4.39 Å². The molecule has 2 aliphatic rings. The fourth-order valence-corrected chi connectivity index (χ4v) is 4.79. The zero-order valence-corrected chi connectivity index (χ0v) is 16.6. The Morgan fingerprint density at radius 3 is 2.93 bits per heavy atom. The molecule has 28 heavy (non-hydrogen) atoms. The third kappa shape index (κ3) is 2.87. The van der Waals surface area contributed by atoms with Crippen LogP contribution in [0.2, 0.25) is 0 Å². The average molecular weight is 375 g/mol. The van der Waals surface area contributed by atoms with E-state index >= 15 is 0 Å². The molecular weight excluding hydrogens is 349 g/mol. The molecule has 0 bridgehead atoms. The number of alkyl halides is 1. The van der Waals surface area contributed by atoms with E-state index < -0.39 is 6.67 Å². The molecule has 2 aromatic heterocycles. The molecule has 0 amide bonds. The standard InChI is InChI=1S/C24H26FN3/c1-16-10-20-18(13-26-16)4-3-5-19(20)14-28-23-7-6-17(12-25)11-21(23)22-15-27(2)9-8-24(22)28/h6-7,10-11,13-14H,3-5,8-9,12,15H2,1-2H3/b19-14+. The molecule has 0 atom stereocenters. The maximum Gasteiger partial charge on any atom is 0.115 e. The summed E-state index contributed by atoms with van der Waals surface area (Å²) in [5.41, 5.74) is 9.86. The maximum absolute atomic E-state index is 13.3. The number of hydrogen-bond donors (Lipinski definition) is 0. The Morgan fingerprint density at radius 1 is 1.18 bits per heavy atom. The molecule has 1 aliphatic heterocycles. The number of aromatic nitrogens is 2. The minimum absolute atomic E-state index is 0.410. The topological polar surface area (TPSA) is 21.1 Å². The first-order valence-electron chi connectivity index (χ1n) is 10.2. The van der Waals surface area contributed by atoms with Crippen LogP contribution >= 0.6 is 0 Å². The summed E-state index contributed by atoms with van der Waals surface area (Å²) in [5, 5.41) is 1.20. The number of likely N-dealkylation sites (N-methyl/N-ethyl adjacent to an activating group) is 1. The lowest BCUT2D eigenvalue weighted by Gasteiger charge is -2.24. The van der Waals surface area contributed by atoms with Crippen LogP contribution in [0.1, 0.15) is 46.5 Å². The first-order valence-corrected chi connectivity index (χ1v) is 10.2. The van der Waals surface area contributed by atoms with Crippen molar-refractivity contribution in [1.82, 2.24) is 14.5 Å². The first-order chi connectivity index (χ1) is 13.6. The molecule has 0 radical (unpaired) electrons. The van der Waals surface area contributed by atoms with Crippen molar-refractivity contribution in [2.24, 2.45) is 0 Å². The Bertz CT molecular complexity index is 1090. The van der Waals surface area contributed by atoms with Gasteiger partial charge in [0.05, 0.1) is 5.52 Å². The number of nitrogens with zero attached hydrogens (tertiary/aromatic N) is 3. The summed E-state index contributed by atoms with van der Waals surface area (Å²) in [6, 6.07) is 8.30. The summed E-state index contributed by atoms with van der Waals surface area (Å²) in [6.45, 7) is 3.64. The lowest BCUT2D eigenvalue weighted by molar-refractivity contribution is 0.312. The van der Waals surface area contributed by atoms with Crippen LogP contribution in [-0.4, -0.2) is 28.0 Å². The Labute approximate surface area is 165 Å². The second-order valence-corrected chi connectivity index (χ2v) is 8.26. The van der Waals surface area contributed by atoms with Crippen molar-refractivity contribution < 1.29 is 4.39 Å². The number of hydrogen-bond acceptors (Lipinski definition) is 2. The lowest BCUT2D eigenvalue weighted by Crippen LogP contribution is -2.26. The Kier molecular flexibility index (Phi) is 4.31. The minimum atomic E-state index is -0.410. The van der Waals surface area contributed by atoms with E-state index in [2.05, 4.69) is 46.8 Å². The molecule has 0 saturated carbocycles. The SMILES string of the molecule is Cc1cc2c(cn1)CCC/C2=C\n1c2c(c3cc(CF)ccc31)CN(C)CC2. The van der Waals surface area contributed by atoms with E-state index in [1.807, 2.05) is 18.3 Å². The highest BCUT2D eigenvalue weighted by Gasteiger charge is 2.23. The second kappa shape index (κ2) is 6.85. The summed E-state index contributed by atoms with van der Waals surface area (Å²) in [5.74, 6) is 0. The molecule has 1 aromatic carbocycles. The molecule has 1 aliphatic carbocycles. The van der Waals surface area contributed by atoms with Gasteiger partial charge in [-0.3, -0.25) is 4.98 Å². The smallest absolute Gasteiger partial charge is 0.115 e. The zero-order valence-electron chi connectivity index (χ0n) is 16.6. The van der Waals surface area contributed by atoms with Crippen LogP contribution in [0.4, 0.5) is 4.39 Å². The van der Waals surface area contributed by atoms with Crippen molar-refractivity contribution in [2.45, 2.75) is 45.8 Å². The van der Waals surface area contributed by atoms with Crippen LogP contribution in [0, 0.1) is 6.92 Å². The fraction of sp³-hybridized carbons (Fsp3) is 0.375. The highest BCUT2D eigenvalue weighted by molar-refractivity contribution is 5.91. The second-order valence-electron chi connectivity index (χ2n) is 8.26. The molecule has 0 unspecified atom stereocenters. The highest BCUT2D eigenvalue weighted by Crippen LogP contribution is 2.36. The summed E-state index contributed by atoms with van der Waals surface area (Å²) in [7, 11) is 2.16. The molecule has 3 heterocycles. The van der Waals surface area contributed by atoms with Crippen LogP contribution in [0.5, 0.6) is 0 Å². The molecule has 3 nitrogen and oxygen atoms in total. The van der Waals surface area contributed by atoms with E-state index in [-0.39, 0.29) is 0 Å². The van der Waals surface area contributed by atoms with Crippen molar-refractivity contribution in [3.8, 4) is 0 Å². The number of pyridine rings is 1. The molecule has 0 fully saturated rings. The predicted octanol–water partition coefficient (Wildman–Crippen LogP) is 5.14. The fourth-order valence-electron chi connectivity index (χ4n) is 4.79. The van der Waals surface area contributed by atoms with Gasteiger partial charge in [-0.25, -0.2) is 4.39 Å². The monoisotopic (exact) mass is 375 g/mol. The molecule has 0 saturated heterocycles. The van der Waals surface area contributed by atoms with Crippen LogP contribution in [-0.2, 0) is 26.1 Å². The van der Waals surface area contributed by atoms with Crippen LogP contribution in [0.3, 0.4) is 0 Å². The van der Waals surface area contributed by atoms with E-state index in [0.717, 1.165) is 43.6 Å².